The lowest BCUT2D eigenvalue weighted by Crippen LogP contribution is -2.51. The molecular weight excluding hydrogens is 364 g/mol. The van der Waals surface area contributed by atoms with Gasteiger partial charge in [-0.1, -0.05) is 18.7 Å². The minimum Gasteiger partial charge on any atom is -0.430 e. The van der Waals surface area contributed by atoms with E-state index in [2.05, 4.69) is 24.8 Å². The van der Waals surface area contributed by atoms with Crippen molar-refractivity contribution in [3.05, 3.63) is 36.8 Å². The summed E-state index contributed by atoms with van der Waals surface area (Å²) in [4.78, 5) is 34.1. The molecule has 4 rings (SSSR count). The zero-order chi connectivity index (χ0) is 18.6. The Balaban J connectivity index is 1.39. The Hall–Kier alpha value is -2.68. The number of rotatable bonds is 5. The monoisotopic (exact) mass is 384 g/mol. The van der Waals surface area contributed by atoms with Gasteiger partial charge in [-0.15, -0.1) is 0 Å². The molecule has 0 aliphatic carbocycles. The average Bonchev–Trinajstić information content (AvgIpc) is 3.15. The van der Waals surface area contributed by atoms with Crippen molar-refractivity contribution < 1.29 is 9.21 Å². The number of anilines is 1. The molecule has 1 aliphatic heterocycles. The first-order chi connectivity index (χ1) is 13.2. The van der Waals surface area contributed by atoms with E-state index in [0.717, 1.165) is 13.1 Å². The molecule has 27 heavy (non-hydrogen) atoms. The average molecular weight is 384 g/mol. The van der Waals surface area contributed by atoms with Crippen LogP contribution in [0.5, 0.6) is 0 Å². The number of fused-ring (bicyclic) bond motifs is 1. The predicted octanol–water partition coefficient (Wildman–Crippen LogP) is 2.23. The maximum Gasteiger partial charge on any atom is 0.259 e. The van der Waals surface area contributed by atoms with Crippen molar-refractivity contribution in [3.63, 3.8) is 0 Å². The molecule has 0 N–H and O–H groups in total. The summed E-state index contributed by atoms with van der Waals surface area (Å²) in [6.07, 6.45) is 5.85. The molecule has 0 spiro atoms. The van der Waals surface area contributed by atoms with E-state index in [1.54, 1.807) is 30.7 Å². The van der Waals surface area contributed by atoms with Gasteiger partial charge in [-0.05, 0) is 24.6 Å². The van der Waals surface area contributed by atoms with E-state index in [9.17, 15) is 4.79 Å². The van der Waals surface area contributed by atoms with Crippen LogP contribution in [0.25, 0.3) is 11.2 Å². The molecule has 0 bridgehead atoms. The van der Waals surface area contributed by atoms with E-state index in [0.29, 0.717) is 41.9 Å². The molecule has 3 aromatic rings. The van der Waals surface area contributed by atoms with Crippen LogP contribution in [0, 0.1) is 0 Å². The summed E-state index contributed by atoms with van der Waals surface area (Å²) in [5, 5.41) is 0.262. The number of thioether (sulfide) groups is 1. The van der Waals surface area contributed by atoms with Crippen LogP contribution in [0.1, 0.15) is 13.3 Å². The first kappa shape index (κ1) is 17.7. The number of hydrogen-bond acceptors (Lipinski definition) is 8. The summed E-state index contributed by atoms with van der Waals surface area (Å²) in [6.45, 7) is 4.77. The molecule has 4 heterocycles. The molecule has 1 aliphatic rings. The van der Waals surface area contributed by atoms with Crippen molar-refractivity contribution in [2.24, 2.45) is 0 Å². The van der Waals surface area contributed by atoms with Crippen LogP contribution >= 0.6 is 11.8 Å². The maximum atomic E-state index is 13.0. The number of carbonyl (C=O) groups excluding carboxylic acids is 1. The molecule has 0 radical (unpaired) electrons. The van der Waals surface area contributed by atoms with Crippen molar-refractivity contribution >= 4 is 34.8 Å². The normalized spacial score (nSPS) is 15.9. The smallest absolute Gasteiger partial charge is 0.259 e. The number of hydrogen-bond donors (Lipinski definition) is 0. The summed E-state index contributed by atoms with van der Waals surface area (Å²) in [5.74, 6) is 0.830. The summed E-state index contributed by atoms with van der Waals surface area (Å²) in [6, 6.07) is 5.43. The second-order valence-electron chi connectivity index (χ2n) is 6.18. The van der Waals surface area contributed by atoms with Crippen LogP contribution < -0.4 is 4.90 Å². The number of pyridine rings is 1. The number of carbonyl (C=O) groups is 1. The maximum absolute atomic E-state index is 13.0. The molecule has 0 saturated carbocycles. The molecule has 1 fully saturated rings. The van der Waals surface area contributed by atoms with Gasteiger partial charge in [-0.3, -0.25) is 4.79 Å². The molecule has 8 nitrogen and oxygen atoms in total. The predicted molar refractivity (Wildman–Crippen MR) is 103 cm³/mol. The zero-order valence-electron chi connectivity index (χ0n) is 15.0. The van der Waals surface area contributed by atoms with Gasteiger partial charge in [-0.2, -0.15) is 4.98 Å². The lowest BCUT2D eigenvalue weighted by molar-refractivity contribution is -0.130. The van der Waals surface area contributed by atoms with E-state index in [1.165, 1.54) is 11.8 Å². The minimum atomic E-state index is -0.224. The summed E-state index contributed by atoms with van der Waals surface area (Å²) >= 11 is 1.37. The third-order valence-electron chi connectivity index (χ3n) is 4.46. The van der Waals surface area contributed by atoms with Gasteiger partial charge in [0.2, 0.25) is 11.9 Å². The zero-order valence-corrected chi connectivity index (χ0v) is 15.8. The van der Waals surface area contributed by atoms with Gasteiger partial charge in [-0.25, -0.2) is 15.0 Å². The molecular formula is C18H20N6O2S. The molecule has 0 aromatic carbocycles. The minimum absolute atomic E-state index is 0.117. The van der Waals surface area contributed by atoms with Crippen LogP contribution in [0.2, 0.25) is 0 Å². The van der Waals surface area contributed by atoms with Gasteiger partial charge in [0.25, 0.3) is 5.22 Å². The first-order valence-corrected chi connectivity index (χ1v) is 9.81. The highest BCUT2D eigenvalue weighted by molar-refractivity contribution is 8.00. The Morgan fingerprint density at radius 3 is 2.59 bits per heavy atom. The van der Waals surface area contributed by atoms with Gasteiger partial charge >= 0.3 is 0 Å². The topological polar surface area (TPSA) is 88.3 Å². The van der Waals surface area contributed by atoms with Gasteiger partial charge in [0.15, 0.2) is 11.2 Å². The van der Waals surface area contributed by atoms with E-state index in [4.69, 9.17) is 4.42 Å². The molecule has 9 heteroatoms. The van der Waals surface area contributed by atoms with Crippen LogP contribution in [-0.4, -0.2) is 62.2 Å². The van der Waals surface area contributed by atoms with E-state index in [-0.39, 0.29) is 11.2 Å². The second kappa shape index (κ2) is 7.91. The highest BCUT2D eigenvalue weighted by Gasteiger charge is 2.29. The molecule has 140 valence electrons. The van der Waals surface area contributed by atoms with Crippen molar-refractivity contribution in [1.29, 1.82) is 0 Å². The van der Waals surface area contributed by atoms with E-state index in [1.807, 2.05) is 17.9 Å². The van der Waals surface area contributed by atoms with Crippen molar-refractivity contribution in [3.8, 4) is 0 Å². The lowest BCUT2D eigenvalue weighted by Gasteiger charge is -2.36. The van der Waals surface area contributed by atoms with E-state index >= 15 is 0 Å². The van der Waals surface area contributed by atoms with Crippen molar-refractivity contribution in [2.75, 3.05) is 31.1 Å². The third kappa shape index (κ3) is 3.87. The molecule has 1 amide bonds. The number of piperazine rings is 1. The highest BCUT2D eigenvalue weighted by atomic mass is 32.2. The Morgan fingerprint density at radius 2 is 1.89 bits per heavy atom. The summed E-state index contributed by atoms with van der Waals surface area (Å²) in [5.41, 5.74) is 1.21. The number of oxazole rings is 1. The fraction of sp³-hybridized carbons (Fsp3) is 0.389. The fourth-order valence-corrected chi connectivity index (χ4v) is 3.95. The quantitative estimate of drug-likeness (QED) is 0.619. The van der Waals surface area contributed by atoms with Crippen LogP contribution in [-0.2, 0) is 4.79 Å². The lowest BCUT2D eigenvalue weighted by atomic mass is 10.2. The molecule has 0 unspecified atom stereocenters. The van der Waals surface area contributed by atoms with Crippen LogP contribution in [0.4, 0.5) is 5.95 Å². The number of aromatic nitrogens is 4. The van der Waals surface area contributed by atoms with Gasteiger partial charge in [0.1, 0.15) is 0 Å². The Bertz CT molecular complexity index is 877. The van der Waals surface area contributed by atoms with Gasteiger partial charge in [0, 0.05) is 44.8 Å². The van der Waals surface area contributed by atoms with Crippen LogP contribution in [0.15, 0.2) is 46.4 Å². The standard InChI is InChI=1S/C18H20N6O2S/c1-2-14(27-18-22-15-13(26-18)5-3-6-19-15)16(25)23-9-11-24(12-10-23)17-20-7-4-8-21-17/h3-8,14H,2,9-12H2,1H3/t14-/m1/s1. The number of amides is 1. The summed E-state index contributed by atoms with van der Waals surface area (Å²) in [7, 11) is 0. The number of nitrogens with zero attached hydrogens (tertiary/aromatic N) is 6. The fourth-order valence-electron chi connectivity index (χ4n) is 3.01. The van der Waals surface area contributed by atoms with Gasteiger partial charge < -0.3 is 14.2 Å². The highest BCUT2D eigenvalue weighted by Crippen LogP contribution is 2.29. The van der Waals surface area contributed by atoms with Crippen molar-refractivity contribution in [1.82, 2.24) is 24.8 Å². The van der Waals surface area contributed by atoms with Crippen molar-refractivity contribution in [2.45, 2.75) is 23.8 Å². The molecule has 1 atom stereocenters. The molecule has 3 aromatic heterocycles. The summed E-state index contributed by atoms with van der Waals surface area (Å²) < 4.78 is 5.71. The van der Waals surface area contributed by atoms with E-state index < -0.39 is 0 Å². The SMILES string of the molecule is CC[C@@H](Sc1nc2ncccc2o1)C(=O)N1CCN(c2ncccn2)CC1. The second-order valence-corrected chi connectivity index (χ2v) is 7.33. The van der Waals surface area contributed by atoms with Crippen LogP contribution in [0.3, 0.4) is 0 Å². The molecule has 1 saturated heterocycles. The van der Waals surface area contributed by atoms with Gasteiger partial charge in [0.05, 0.1) is 5.25 Å². The Morgan fingerprint density at radius 1 is 1.15 bits per heavy atom. The third-order valence-corrected chi connectivity index (χ3v) is 5.66. The largest absolute Gasteiger partial charge is 0.430 e. The Kier molecular flexibility index (Phi) is 5.19. The Labute approximate surface area is 161 Å². The first-order valence-electron chi connectivity index (χ1n) is 8.93.